The molecule has 2 rings (SSSR count). The number of nitrogens with two attached hydrogens (primary N) is 1. The molecule has 102 valence electrons. The monoisotopic (exact) mass is 269 g/mol. The summed E-state index contributed by atoms with van der Waals surface area (Å²) in [5.41, 5.74) is 7.61. The minimum atomic E-state index is -0.708. The van der Waals surface area contributed by atoms with Crippen molar-refractivity contribution in [2.75, 3.05) is 10.6 Å². The molecule has 0 heterocycles. The number of carbonyl (C=O) groups excluding carboxylic acids is 2. The molecule has 2 aromatic carbocycles. The second-order valence-electron chi connectivity index (χ2n) is 4.35. The number of carbonyl (C=O) groups is 2. The van der Waals surface area contributed by atoms with Crippen molar-refractivity contribution in [2.45, 2.75) is 6.92 Å². The Bertz CT molecular complexity index is 636. The number of urea groups is 1. The summed E-state index contributed by atoms with van der Waals surface area (Å²) >= 11 is 0. The molecule has 0 fully saturated rings. The Morgan fingerprint density at radius 2 is 1.60 bits per heavy atom. The molecular formula is C15H15N3O2. The van der Waals surface area contributed by atoms with Crippen LogP contribution in [0.5, 0.6) is 0 Å². The van der Waals surface area contributed by atoms with Crippen molar-refractivity contribution in [3.8, 4) is 0 Å². The zero-order valence-corrected chi connectivity index (χ0v) is 11.0. The van der Waals surface area contributed by atoms with Gasteiger partial charge in [-0.1, -0.05) is 29.8 Å². The molecule has 2 aromatic rings. The number of amides is 3. The second kappa shape index (κ2) is 5.88. The van der Waals surface area contributed by atoms with Crippen LogP contribution in [-0.2, 0) is 0 Å². The van der Waals surface area contributed by atoms with E-state index < -0.39 is 6.03 Å². The molecule has 20 heavy (non-hydrogen) atoms. The highest BCUT2D eigenvalue weighted by atomic mass is 16.2. The summed E-state index contributed by atoms with van der Waals surface area (Å²) in [4.78, 5) is 23.1. The Morgan fingerprint density at radius 1 is 0.950 bits per heavy atom. The molecule has 0 radical (unpaired) electrons. The quantitative estimate of drug-likeness (QED) is 0.800. The van der Waals surface area contributed by atoms with Crippen LogP contribution in [0.15, 0.2) is 48.5 Å². The number of nitrogens with one attached hydrogen (secondary N) is 2. The number of aryl methyl sites for hydroxylation is 1. The maximum Gasteiger partial charge on any atom is 0.316 e. The number of para-hydroxylation sites is 1. The molecule has 0 saturated carbocycles. The molecule has 5 nitrogen and oxygen atoms in total. The van der Waals surface area contributed by atoms with Gasteiger partial charge in [-0.05, 0) is 31.2 Å². The van der Waals surface area contributed by atoms with Crippen molar-refractivity contribution >= 4 is 23.3 Å². The van der Waals surface area contributed by atoms with E-state index in [1.807, 2.05) is 31.2 Å². The number of primary amides is 1. The first-order valence-corrected chi connectivity index (χ1v) is 6.10. The van der Waals surface area contributed by atoms with E-state index in [2.05, 4.69) is 10.6 Å². The molecule has 0 unspecified atom stereocenters. The topological polar surface area (TPSA) is 84.2 Å². The number of hydrogen-bond acceptors (Lipinski definition) is 2. The Morgan fingerprint density at radius 3 is 2.25 bits per heavy atom. The van der Waals surface area contributed by atoms with Crippen LogP contribution in [0.2, 0.25) is 0 Å². The van der Waals surface area contributed by atoms with Gasteiger partial charge in [0.15, 0.2) is 0 Å². The van der Waals surface area contributed by atoms with Crippen LogP contribution in [0.4, 0.5) is 16.2 Å². The number of hydrogen-bond donors (Lipinski definition) is 3. The first-order chi connectivity index (χ1) is 9.56. The fraction of sp³-hybridized carbons (Fsp3) is 0.0667. The summed E-state index contributed by atoms with van der Waals surface area (Å²) in [6.07, 6.45) is 0. The molecule has 4 N–H and O–H groups in total. The molecule has 0 bridgehead atoms. The lowest BCUT2D eigenvalue weighted by atomic mass is 10.1. The molecule has 3 amide bonds. The van der Waals surface area contributed by atoms with Crippen molar-refractivity contribution in [1.29, 1.82) is 0 Å². The van der Waals surface area contributed by atoms with Crippen molar-refractivity contribution in [3.05, 3.63) is 59.7 Å². The maximum atomic E-state index is 12.2. The largest absolute Gasteiger partial charge is 0.351 e. The van der Waals surface area contributed by atoms with Gasteiger partial charge in [0.05, 0.1) is 11.3 Å². The third-order valence-electron chi connectivity index (χ3n) is 2.74. The van der Waals surface area contributed by atoms with Crippen LogP contribution in [0.3, 0.4) is 0 Å². The van der Waals surface area contributed by atoms with Gasteiger partial charge < -0.3 is 16.4 Å². The lowest BCUT2D eigenvalue weighted by Crippen LogP contribution is -2.22. The standard InChI is InChI=1S/C15H15N3O2/c1-10-6-8-11(9-7-10)17-14(19)12-4-2-3-5-13(12)18-15(16)20/h2-9H,1H3,(H,17,19)(H3,16,18,20). The van der Waals surface area contributed by atoms with E-state index in [9.17, 15) is 9.59 Å². The summed E-state index contributed by atoms with van der Waals surface area (Å²) in [6.45, 7) is 1.97. The Hall–Kier alpha value is -2.82. The zero-order valence-electron chi connectivity index (χ0n) is 11.0. The van der Waals surface area contributed by atoms with E-state index in [1.54, 1.807) is 24.3 Å². The highest BCUT2D eigenvalue weighted by Crippen LogP contribution is 2.17. The first-order valence-electron chi connectivity index (χ1n) is 6.10. The van der Waals surface area contributed by atoms with E-state index in [1.165, 1.54) is 0 Å². The van der Waals surface area contributed by atoms with Crippen LogP contribution < -0.4 is 16.4 Å². The SMILES string of the molecule is Cc1ccc(NC(=O)c2ccccc2NC(N)=O)cc1. The van der Waals surface area contributed by atoms with Crippen molar-refractivity contribution in [2.24, 2.45) is 5.73 Å². The second-order valence-corrected chi connectivity index (χ2v) is 4.35. The van der Waals surface area contributed by atoms with Crippen molar-refractivity contribution in [3.63, 3.8) is 0 Å². The van der Waals surface area contributed by atoms with Crippen LogP contribution >= 0.6 is 0 Å². The average molecular weight is 269 g/mol. The van der Waals surface area contributed by atoms with Crippen molar-refractivity contribution in [1.82, 2.24) is 0 Å². The molecule has 0 spiro atoms. The van der Waals surface area contributed by atoms with Crippen molar-refractivity contribution < 1.29 is 9.59 Å². The predicted molar refractivity (Wildman–Crippen MR) is 78.8 cm³/mol. The minimum Gasteiger partial charge on any atom is -0.351 e. The highest BCUT2D eigenvalue weighted by Gasteiger charge is 2.12. The predicted octanol–water partition coefficient (Wildman–Crippen LogP) is 2.74. The highest BCUT2D eigenvalue weighted by molar-refractivity contribution is 6.09. The zero-order chi connectivity index (χ0) is 14.5. The van der Waals surface area contributed by atoms with Gasteiger partial charge in [0.1, 0.15) is 0 Å². The average Bonchev–Trinajstić information content (AvgIpc) is 2.41. The number of rotatable bonds is 3. The Balaban J connectivity index is 2.20. The summed E-state index contributed by atoms with van der Waals surface area (Å²) in [5, 5.41) is 5.20. The smallest absolute Gasteiger partial charge is 0.316 e. The van der Waals surface area contributed by atoms with Gasteiger partial charge >= 0.3 is 6.03 Å². The summed E-state index contributed by atoms with van der Waals surface area (Å²) < 4.78 is 0. The van der Waals surface area contributed by atoms with Gasteiger partial charge in [-0.25, -0.2) is 4.79 Å². The van der Waals surface area contributed by atoms with Crippen LogP contribution in [0.25, 0.3) is 0 Å². The fourth-order valence-electron chi connectivity index (χ4n) is 1.76. The van der Waals surface area contributed by atoms with Gasteiger partial charge in [-0.2, -0.15) is 0 Å². The summed E-state index contributed by atoms with van der Waals surface area (Å²) in [5.74, 6) is -0.307. The summed E-state index contributed by atoms with van der Waals surface area (Å²) in [6, 6.07) is 13.4. The Kier molecular flexibility index (Phi) is 4.00. The van der Waals surface area contributed by atoms with E-state index in [4.69, 9.17) is 5.73 Å². The molecule has 0 aliphatic heterocycles. The fourth-order valence-corrected chi connectivity index (χ4v) is 1.76. The van der Waals surface area contributed by atoms with Crippen LogP contribution in [-0.4, -0.2) is 11.9 Å². The molecule has 0 atom stereocenters. The molecule has 0 aliphatic carbocycles. The van der Waals surface area contributed by atoms with Gasteiger partial charge in [-0.15, -0.1) is 0 Å². The van der Waals surface area contributed by atoms with E-state index in [-0.39, 0.29) is 5.91 Å². The number of benzene rings is 2. The molecule has 0 aliphatic rings. The lowest BCUT2D eigenvalue weighted by Gasteiger charge is -2.10. The lowest BCUT2D eigenvalue weighted by molar-refractivity contribution is 0.102. The Labute approximate surface area is 116 Å². The normalized spacial score (nSPS) is 9.85. The first kappa shape index (κ1) is 13.6. The van der Waals surface area contributed by atoms with E-state index in [0.29, 0.717) is 16.9 Å². The van der Waals surface area contributed by atoms with E-state index >= 15 is 0 Å². The summed E-state index contributed by atoms with van der Waals surface area (Å²) in [7, 11) is 0. The van der Waals surface area contributed by atoms with Crippen LogP contribution in [0.1, 0.15) is 15.9 Å². The van der Waals surface area contributed by atoms with Gasteiger partial charge in [0, 0.05) is 5.69 Å². The van der Waals surface area contributed by atoms with Crippen LogP contribution in [0, 0.1) is 6.92 Å². The van der Waals surface area contributed by atoms with Gasteiger partial charge in [0.25, 0.3) is 5.91 Å². The third-order valence-corrected chi connectivity index (χ3v) is 2.74. The molecular weight excluding hydrogens is 254 g/mol. The number of anilines is 2. The molecule has 5 heteroatoms. The van der Waals surface area contributed by atoms with E-state index in [0.717, 1.165) is 5.56 Å². The minimum absolute atomic E-state index is 0.307. The van der Waals surface area contributed by atoms with Gasteiger partial charge in [0.2, 0.25) is 0 Å². The van der Waals surface area contributed by atoms with Gasteiger partial charge in [-0.3, -0.25) is 4.79 Å². The molecule has 0 aromatic heterocycles. The molecule has 0 saturated heterocycles. The maximum absolute atomic E-state index is 12.2. The third kappa shape index (κ3) is 3.35.